The molecule has 0 bridgehead atoms. The summed E-state index contributed by atoms with van der Waals surface area (Å²) in [5.41, 5.74) is 10.8. The highest BCUT2D eigenvalue weighted by Gasteiger charge is 1.89. The van der Waals surface area contributed by atoms with Crippen LogP contribution in [-0.4, -0.2) is 39.3 Å². The first-order chi connectivity index (χ1) is 6.91. The quantitative estimate of drug-likeness (QED) is 0.347. The topological polar surface area (TPSA) is 76.1 Å². The summed E-state index contributed by atoms with van der Waals surface area (Å²) in [5, 5.41) is 6.72. The standard InChI is InChI=1S/C10H26N4/c11-5-3-9-13-7-1-2-8-14-10-4-6-12/h13-14H,1-12H2/i5+2. The molecule has 0 aromatic heterocycles. The van der Waals surface area contributed by atoms with Crippen molar-refractivity contribution in [3.8, 4) is 0 Å². The van der Waals surface area contributed by atoms with Gasteiger partial charge < -0.3 is 22.1 Å². The maximum Gasteiger partial charge on any atom is -0.00369 e. The first-order valence-corrected chi connectivity index (χ1v) is 5.73. The number of hydrogen-bond donors (Lipinski definition) is 4. The van der Waals surface area contributed by atoms with Crippen LogP contribution in [0.5, 0.6) is 0 Å². The molecule has 0 aromatic carbocycles. The van der Waals surface area contributed by atoms with Crippen LogP contribution in [0.15, 0.2) is 0 Å². The van der Waals surface area contributed by atoms with Gasteiger partial charge in [0.25, 0.3) is 0 Å². The van der Waals surface area contributed by atoms with Gasteiger partial charge in [-0.05, 0) is 65.0 Å². The van der Waals surface area contributed by atoms with Crippen LogP contribution in [0.25, 0.3) is 0 Å². The molecule has 14 heavy (non-hydrogen) atoms. The smallest absolute Gasteiger partial charge is 0.00369 e. The fourth-order valence-electron chi connectivity index (χ4n) is 1.20. The maximum atomic E-state index is 5.38. The zero-order valence-corrected chi connectivity index (χ0v) is 9.23. The molecule has 0 unspecified atom stereocenters. The molecule has 0 amide bonds. The minimum absolute atomic E-state index is 0.785. The lowest BCUT2D eigenvalue weighted by molar-refractivity contribution is 0.570. The Morgan fingerprint density at radius 3 is 2.00 bits per heavy atom. The van der Waals surface area contributed by atoms with Crippen molar-refractivity contribution in [2.24, 2.45) is 11.5 Å². The van der Waals surface area contributed by atoms with Crippen molar-refractivity contribution in [2.75, 3.05) is 39.3 Å². The number of rotatable bonds is 11. The molecule has 4 nitrogen and oxygen atoms in total. The van der Waals surface area contributed by atoms with Gasteiger partial charge in [0.1, 0.15) is 0 Å². The Morgan fingerprint density at radius 1 is 0.857 bits per heavy atom. The van der Waals surface area contributed by atoms with Crippen molar-refractivity contribution in [2.45, 2.75) is 25.7 Å². The summed E-state index contributed by atoms with van der Waals surface area (Å²) in [6, 6.07) is 0. The van der Waals surface area contributed by atoms with Gasteiger partial charge >= 0.3 is 0 Å². The fourth-order valence-corrected chi connectivity index (χ4v) is 1.20. The van der Waals surface area contributed by atoms with E-state index in [0.717, 1.165) is 52.1 Å². The van der Waals surface area contributed by atoms with Crippen LogP contribution in [0.4, 0.5) is 0 Å². The average molecular weight is 204 g/mol. The third-order valence-corrected chi connectivity index (χ3v) is 2.07. The molecule has 0 aliphatic rings. The van der Waals surface area contributed by atoms with Crippen molar-refractivity contribution >= 4 is 0 Å². The van der Waals surface area contributed by atoms with Gasteiger partial charge in [0.15, 0.2) is 0 Å². The summed E-state index contributed by atoms with van der Waals surface area (Å²) in [7, 11) is 0. The van der Waals surface area contributed by atoms with E-state index < -0.39 is 0 Å². The van der Waals surface area contributed by atoms with Crippen molar-refractivity contribution in [3.05, 3.63) is 0 Å². The van der Waals surface area contributed by atoms with E-state index in [1.807, 2.05) is 0 Å². The third-order valence-electron chi connectivity index (χ3n) is 2.07. The zero-order valence-electron chi connectivity index (χ0n) is 9.23. The second-order valence-corrected chi connectivity index (χ2v) is 3.49. The van der Waals surface area contributed by atoms with Gasteiger partial charge in [-0.3, -0.25) is 0 Å². The first-order valence-electron chi connectivity index (χ1n) is 5.73. The molecule has 0 saturated carbocycles. The lowest BCUT2D eigenvalue weighted by Gasteiger charge is -2.04. The molecule has 0 atom stereocenters. The highest BCUT2D eigenvalue weighted by Crippen LogP contribution is 1.84. The third kappa shape index (κ3) is 11.8. The Balaban J connectivity index is 2.78. The molecule has 0 aliphatic carbocycles. The minimum atomic E-state index is 0.785. The summed E-state index contributed by atoms with van der Waals surface area (Å²) in [6.45, 7) is 5.90. The molecule has 0 saturated heterocycles. The lowest BCUT2D eigenvalue weighted by Crippen LogP contribution is -2.22. The van der Waals surface area contributed by atoms with Crippen LogP contribution < -0.4 is 22.1 Å². The van der Waals surface area contributed by atoms with Crippen molar-refractivity contribution in [1.29, 1.82) is 0 Å². The molecule has 0 aliphatic heterocycles. The van der Waals surface area contributed by atoms with E-state index in [9.17, 15) is 0 Å². The van der Waals surface area contributed by atoms with Crippen LogP contribution in [0.1, 0.15) is 25.7 Å². The number of hydrogen-bond acceptors (Lipinski definition) is 4. The second-order valence-electron chi connectivity index (χ2n) is 3.49. The molecular formula is C10H26N4. The molecule has 0 aromatic rings. The van der Waals surface area contributed by atoms with E-state index in [0.29, 0.717) is 0 Å². The molecule has 0 spiro atoms. The Labute approximate surface area is 87.8 Å². The second kappa shape index (κ2) is 12.8. The number of nitrogens with two attached hydrogens (primary N) is 2. The van der Waals surface area contributed by atoms with E-state index in [1.54, 1.807) is 0 Å². The summed E-state index contributed by atoms with van der Waals surface area (Å²) in [5.74, 6) is 0. The van der Waals surface area contributed by atoms with Gasteiger partial charge in [0, 0.05) is 0 Å². The van der Waals surface area contributed by atoms with Gasteiger partial charge in [-0.2, -0.15) is 0 Å². The zero-order chi connectivity index (χ0) is 10.5. The molecule has 4 heteroatoms. The van der Waals surface area contributed by atoms with Gasteiger partial charge in [-0.25, -0.2) is 0 Å². The van der Waals surface area contributed by atoms with E-state index in [2.05, 4.69) is 10.6 Å². The van der Waals surface area contributed by atoms with Crippen LogP contribution >= 0.6 is 0 Å². The molecule has 0 rings (SSSR count). The van der Waals surface area contributed by atoms with Crippen LogP contribution in [-0.2, 0) is 0 Å². The van der Waals surface area contributed by atoms with Crippen molar-refractivity contribution in [1.82, 2.24) is 10.6 Å². The van der Waals surface area contributed by atoms with Crippen LogP contribution in [0.3, 0.4) is 0 Å². The van der Waals surface area contributed by atoms with Gasteiger partial charge in [-0.15, -0.1) is 0 Å². The SMILES string of the molecule is NCCCNCCCCNCC[14CH2]N. The lowest BCUT2D eigenvalue weighted by atomic mass is 10.3. The summed E-state index contributed by atoms with van der Waals surface area (Å²) in [6.07, 6.45) is 4.63. The van der Waals surface area contributed by atoms with Crippen LogP contribution in [0, 0.1) is 0 Å². The van der Waals surface area contributed by atoms with E-state index in [4.69, 9.17) is 11.5 Å². The van der Waals surface area contributed by atoms with E-state index in [1.165, 1.54) is 12.8 Å². The van der Waals surface area contributed by atoms with Crippen LogP contribution in [0.2, 0.25) is 0 Å². The monoisotopic (exact) mass is 204 g/mol. The maximum absolute atomic E-state index is 5.38. The van der Waals surface area contributed by atoms with Crippen molar-refractivity contribution in [3.63, 3.8) is 0 Å². The predicted molar refractivity (Wildman–Crippen MR) is 62.3 cm³/mol. The molecule has 86 valence electrons. The Hall–Kier alpha value is -0.160. The Bertz CT molecular complexity index is 86.1. The Kier molecular flexibility index (Phi) is 12.7. The molecule has 6 N–H and O–H groups in total. The van der Waals surface area contributed by atoms with Crippen molar-refractivity contribution < 1.29 is 0 Å². The first kappa shape index (κ1) is 13.8. The van der Waals surface area contributed by atoms with E-state index in [-0.39, 0.29) is 0 Å². The summed E-state index contributed by atoms with van der Waals surface area (Å²) < 4.78 is 0. The normalized spacial score (nSPS) is 10.7. The molecule has 0 heterocycles. The molecular weight excluding hydrogens is 178 g/mol. The van der Waals surface area contributed by atoms with Gasteiger partial charge in [-0.1, -0.05) is 0 Å². The number of nitrogens with one attached hydrogen (secondary N) is 2. The fraction of sp³-hybridized carbons (Fsp3) is 1.00. The summed E-state index contributed by atoms with van der Waals surface area (Å²) in [4.78, 5) is 0. The molecule has 0 radical (unpaired) electrons. The Morgan fingerprint density at radius 2 is 1.43 bits per heavy atom. The van der Waals surface area contributed by atoms with Gasteiger partial charge in [0.05, 0.1) is 0 Å². The molecule has 0 fully saturated rings. The van der Waals surface area contributed by atoms with Gasteiger partial charge in [0.2, 0.25) is 0 Å². The average Bonchev–Trinajstić information content (AvgIpc) is 2.21. The largest absolute Gasteiger partial charge is 0.330 e. The predicted octanol–water partition coefficient (Wildman–Crippen LogP) is -0.357. The number of unbranched alkanes of at least 4 members (excludes halogenated alkanes) is 1. The summed E-state index contributed by atoms with van der Waals surface area (Å²) >= 11 is 0. The highest BCUT2D eigenvalue weighted by molar-refractivity contribution is 4.52. The minimum Gasteiger partial charge on any atom is -0.330 e. The highest BCUT2D eigenvalue weighted by atomic mass is 15.2. The van der Waals surface area contributed by atoms with E-state index >= 15 is 0 Å².